The highest BCUT2D eigenvalue weighted by Crippen LogP contribution is 2.32. The normalized spacial score (nSPS) is 15.5. The largest absolute Gasteiger partial charge is 0.339 e. The van der Waals surface area contributed by atoms with Crippen LogP contribution in [-0.2, 0) is 14.8 Å². The molecule has 0 unspecified atom stereocenters. The number of hydrogen-bond acceptors (Lipinski definition) is 4. The van der Waals surface area contributed by atoms with Crippen molar-refractivity contribution in [2.75, 3.05) is 31.9 Å². The molecule has 0 aromatic heterocycles. The summed E-state index contributed by atoms with van der Waals surface area (Å²) in [4.78, 5) is 13.9. The van der Waals surface area contributed by atoms with Gasteiger partial charge in [0.05, 0.1) is 15.8 Å². The Bertz CT molecular complexity index is 1010. The van der Waals surface area contributed by atoms with Crippen molar-refractivity contribution in [1.29, 1.82) is 0 Å². The van der Waals surface area contributed by atoms with Gasteiger partial charge in [-0.1, -0.05) is 29.3 Å². The number of carbonyl (C=O) groups excluding carboxylic acids is 1. The van der Waals surface area contributed by atoms with Gasteiger partial charge < -0.3 is 4.90 Å². The van der Waals surface area contributed by atoms with Crippen LogP contribution in [0.3, 0.4) is 0 Å². The van der Waals surface area contributed by atoms with Gasteiger partial charge in [-0.25, -0.2) is 17.2 Å². The SMILES string of the molecule is O=C(CSc1ccc(F)cc1F)N1CCN(S(=O)(=O)c2c(Cl)cccc2Cl)CC1. The number of thioether (sulfide) groups is 1. The minimum absolute atomic E-state index is 0.0359. The number of rotatable bonds is 5. The molecular weight excluding hydrogens is 465 g/mol. The Morgan fingerprint density at radius 2 is 1.66 bits per heavy atom. The topological polar surface area (TPSA) is 57.7 Å². The smallest absolute Gasteiger partial charge is 0.246 e. The van der Waals surface area contributed by atoms with Crippen LogP contribution in [0.25, 0.3) is 0 Å². The molecule has 156 valence electrons. The van der Waals surface area contributed by atoms with Crippen LogP contribution in [-0.4, -0.2) is 55.5 Å². The van der Waals surface area contributed by atoms with Crippen LogP contribution < -0.4 is 0 Å². The van der Waals surface area contributed by atoms with E-state index in [4.69, 9.17) is 23.2 Å². The minimum atomic E-state index is -3.90. The van der Waals surface area contributed by atoms with E-state index in [1.807, 2.05) is 0 Å². The molecule has 0 aliphatic carbocycles. The van der Waals surface area contributed by atoms with E-state index in [2.05, 4.69) is 0 Å². The van der Waals surface area contributed by atoms with Crippen LogP contribution in [0.1, 0.15) is 0 Å². The first-order valence-corrected chi connectivity index (χ1v) is 11.7. The molecule has 11 heteroatoms. The average molecular weight is 481 g/mol. The van der Waals surface area contributed by atoms with Gasteiger partial charge in [-0.05, 0) is 24.3 Å². The van der Waals surface area contributed by atoms with Gasteiger partial charge in [0, 0.05) is 37.1 Å². The first-order chi connectivity index (χ1) is 13.7. The molecule has 29 heavy (non-hydrogen) atoms. The van der Waals surface area contributed by atoms with Crippen molar-refractivity contribution < 1.29 is 22.0 Å². The van der Waals surface area contributed by atoms with Gasteiger partial charge in [-0.15, -0.1) is 11.8 Å². The second kappa shape index (κ2) is 9.18. The molecule has 2 aromatic rings. The lowest BCUT2D eigenvalue weighted by atomic mass is 10.3. The van der Waals surface area contributed by atoms with Gasteiger partial charge in [0.2, 0.25) is 15.9 Å². The molecule has 0 bridgehead atoms. The van der Waals surface area contributed by atoms with Crippen molar-refractivity contribution in [3.63, 3.8) is 0 Å². The molecule has 5 nitrogen and oxygen atoms in total. The maximum atomic E-state index is 13.7. The minimum Gasteiger partial charge on any atom is -0.339 e. The maximum absolute atomic E-state index is 13.7. The highest BCUT2D eigenvalue weighted by molar-refractivity contribution is 8.00. The predicted octanol–water partition coefficient (Wildman–Crippen LogP) is 3.90. The summed E-state index contributed by atoms with van der Waals surface area (Å²) in [5, 5.41) is 0.0717. The number of benzene rings is 2. The lowest BCUT2D eigenvalue weighted by molar-refractivity contribution is -0.129. The molecule has 0 atom stereocenters. The Hall–Kier alpha value is -1.39. The van der Waals surface area contributed by atoms with E-state index >= 15 is 0 Å². The summed E-state index contributed by atoms with van der Waals surface area (Å²) >= 11 is 13.0. The fourth-order valence-corrected chi connectivity index (χ4v) is 6.20. The standard InChI is InChI=1S/C18H16Cl2F2N2O3S2/c19-13-2-1-3-14(20)18(13)29(26,27)24-8-6-23(7-9-24)17(25)11-28-16-5-4-12(21)10-15(16)22/h1-5,10H,6-9,11H2. The number of sulfonamides is 1. The summed E-state index contributed by atoms with van der Waals surface area (Å²) in [6.45, 7) is 0.551. The van der Waals surface area contributed by atoms with E-state index < -0.39 is 21.7 Å². The van der Waals surface area contributed by atoms with Crippen molar-refractivity contribution in [3.05, 3.63) is 58.1 Å². The van der Waals surface area contributed by atoms with Crippen molar-refractivity contribution >= 4 is 50.9 Å². The van der Waals surface area contributed by atoms with Gasteiger partial charge >= 0.3 is 0 Å². The molecule has 0 spiro atoms. The Balaban J connectivity index is 1.60. The molecule has 1 aliphatic rings. The zero-order valence-corrected chi connectivity index (χ0v) is 18.1. The summed E-state index contributed by atoms with van der Waals surface area (Å²) < 4.78 is 53.6. The van der Waals surface area contributed by atoms with Crippen molar-refractivity contribution in [2.45, 2.75) is 9.79 Å². The van der Waals surface area contributed by atoms with Gasteiger partial charge in [-0.3, -0.25) is 4.79 Å². The number of nitrogens with zero attached hydrogens (tertiary/aromatic N) is 2. The molecule has 1 fully saturated rings. The molecule has 2 aromatic carbocycles. The van der Waals surface area contributed by atoms with Crippen LogP contribution in [0.2, 0.25) is 10.0 Å². The number of halogens is 4. The number of hydrogen-bond donors (Lipinski definition) is 0. The molecule has 1 heterocycles. The van der Waals surface area contributed by atoms with Crippen molar-refractivity contribution in [2.24, 2.45) is 0 Å². The highest BCUT2D eigenvalue weighted by atomic mass is 35.5. The summed E-state index contributed by atoms with van der Waals surface area (Å²) in [5.41, 5.74) is 0. The second-order valence-corrected chi connectivity index (χ2v) is 9.91. The fourth-order valence-electron chi connectivity index (χ4n) is 2.86. The molecule has 3 rings (SSSR count). The van der Waals surface area contributed by atoms with Gasteiger partial charge in [0.25, 0.3) is 0 Å². The van der Waals surface area contributed by atoms with E-state index in [1.165, 1.54) is 27.4 Å². The van der Waals surface area contributed by atoms with Crippen molar-refractivity contribution in [1.82, 2.24) is 9.21 Å². The van der Waals surface area contributed by atoms with Crippen LogP contribution in [0.4, 0.5) is 8.78 Å². The van der Waals surface area contributed by atoms with Crippen LogP contribution in [0, 0.1) is 11.6 Å². The third-order valence-corrected chi connectivity index (χ3v) is 8.24. The first-order valence-electron chi connectivity index (χ1n) is 8.50. The molecule has 0 saturated carbocycles. The van der Waals surface area contributed by atoms with E-state index in [9.17, 15) is 22.0 Å². The van der Waals surface area contributed by atoms with E-state index in [0.29, 0.717) is 0 Å². The van der Waals surface area contributed by atoms with E-state index in [1.54, 1.807) is 6.07 Å². The monoisotopic (exact) mass is 480 g/mol. The van der Waals surface area contributed by atoms with E-state index in [0.717, 1.165) is 23.9 Å². The molecular formula is C18H16Cl2F2N2O3S2. The maximum Gasteiger partial charge on any atom is 0.246 e. The van der Waals surface area contributed by atoms with Crippen LogP contribution in [0.15, 0.2) is 46.2 Å². The first kappa shape index (κ1) is 22.3. The lowest BCUT2D eigenvalue weighted by Gasteiger charge is -2.34. The predicted molar refractivity (Wildman–Crippen MR) is 109 cm³/mol. The van der Waals surface area contributed by atoms with E-state index in [-0.39, 0.29) is 57.7 Å². The Kier molecular flexibility index (Phi) is 7.06. The summed E-state index contributed by atoms with van der Waals surface area (Å²) in [5.74, 6) is -1.71. The van der Waals surface area contributed by atoms with Gasteiger partial charge in [0.15, 0.2) is 0 Å². The van der Waals surface area contributed by atoms with Crippen LogP contribution in [0.5, 0.6) is 0 Å². The molecule has 0 N–H and O–H groups in total. The number of amides is 1. The summed E-state index contributed by atoms with van der Waals surface area (Å²) in [6.07, 6.45) is 0. The third kappa shape index (κ3) is 5.03. The third-order valence-electron chi connectivity index (χ3n) is 4.35. The molecule has 1 saturated heterocycles. The molecule has 1 amide bonds. The quantitative estimate of drug-likeness (QED) is 0.609. The van der Waals surface area contributed by atoms with Crippen molar-refractivity contribution in [3.8, 4) is 0 Å². The summed E-state index contributed by atoms with van der Waals surface area (Å²) in [7, 11) is -3.90. The Morgan fingerprint density at radius 1 is 1.03 bits per heavy atom. The number of carbonyl (C=O) groups is 1. The second-order valence-electron chi connectivity index (χ2n) is 6.20. The molecule has 1 aliphatic heterocycles. The van der Waals surface area contributed by atoms with Gasteiger partial charge in [0.1, 0.15) is 16.5 Å². The highest BCUT2D eigenvalue weighted by Gasteiger charge is 2.33. The lowest BCUT2D eigenvalue weighted by Crippen LogP contribution is -2.51. The van der Waals surface area contributed by atoms with Gasteiger partial charge in [-0.2, -0.15) is 4.31 Å². The Labute approximate surface area is 181 Å². The molecule has 0 radical (unpaired) electrons. The zero-order chi connectivity index (χ0) is 21.2. The fraction of sp³-hybridized carbons (Fsp3) is 0.278. The summed E-state index contributed by atoms with van der Waals surface area (Å²) in [6, 6.07) is 7.62. The number of piperazine rings is 1. The average Bonchev–Trinajstić information content (AvgIpc) is 2.67. The Morgan fingerprint density at radius 3 is 2.24 bits per heavy atom. The van der Waals surface area contributed by atoms with Crippen LogP contribution >= 0.6 is 35.0 Å². The zero-order valence-electron chi connectivity index (χ0n) is 14.9.